The Labute approximate surface area is 61.0 Å². The highest BCUT2D eigenvalue weighted by Gasteiger charge is 1.78. The Morgan fingerprint density at radius 2 is 2.44 bits per heavy atom. The van der Waals surface area contributed by atoms with Gasteiger partial charge >= 0.3 is 0 Å². The van der Waals surface area contributed by atoms with Gasteiger partial charge in [-0.2, -0.15) is 11.8 Å². The fourth-order valence-electron chi connectivity index (χ4n) is 0.379. The SMILES string of the molecule is C=C(/C=C\CSC)CN. The van der Waals surface area contributed by atoms with Crippen LogP contribution < -0.4 is 5.73 Å². The van der Waals surface area contributed by atoms with E-state index in [9.17, 15) is 0 Å². The topological polar surface area (TPSA) is 26.0 Å². The van der Waals surface area contributed by atoms with Crippen molar-refractivity contribution in [3.63, 3.8) is 0 Å². The lowest BCUT2D eigenvalue weighted by molar-refractivity contribution is 1.19. The van der Waals surface area contributed by atoms with Gasteiger partial charge in [0.05, 0.1) is 0 Å². The first-order chi connectivity index (χ1) is 4.31. The molecule has 0 spiro atoms. The molecule has 0 fully saturated rings. The average molecular weight is 143 g/mol. The summed E-state index contributed by atoms with van der Waals surface area (Å²) < 4.78 is 0. The standard InChI is InChI=1S/C7H13NS/c1-7(6-8)4-3-5-9-2/h3-4H,1,5-6,8H2,2H3/b4-3-. The summed E-state index contributed by atoms with van der Waals surface area (Å²) in [6.07, 6.45) is 6.10. The van der Waals surface area contributed by atoms with Crippen molar-refractivity contribution in [2.45, 2.75) is 0 Å². The van der Waals surface area contributed by atoms with E-state index in [1.54, 1.807) is 11.8 Å². The molecule has 0 aromatic rings. The van der Waals surface area contributed by atoms with Crippen LogP contribution in [0, 0.1) is 0 Å². The number of thioether (sulfide) groups is 1. The van der Waals surface area contributed by atoms with E-state index in [1.807, 2.05) is 6.08 Å². The molecule has 2 heteroatoms. The third kappa shape index (κ3) is 5.66. The first-order valence-electron chi connectivity index (χ1n) is 2.84. The van der Waals surface area contributed by atoms with Gasteiger partial charge in [0.25, 0.3) is 0 Å². The maximum Gasteiger partial charge on any atom is 0.0172 e. The maximum absolute atomic E-state index is 5.30. The zero-order chi connectivity index (χ0) is 7.11. The lowest BCUT2D eigenvalue weighted by atomic mass is 10.3. The molecule has 0 unspecified atom stereocenters. The lowest BCUT2D eigenvalue weighted by Gasteiger charge is -1.89. The van der Waals surface area contributed by atoms with Crippen molar-refractivity contribution in [3.8, 4) is 0 Å². The van der Waals surface area contributed by atoms with Gasteiger partial charge in [-0.1, -0.05) is 18.7 Å². The minimum absolute atomic E-state index is 0.560. The monoisotopic (exact) mass is 143 g/mol. The van der Waals surface area contributed by atoms with Gasteiger partial charge in [-0.15, -0.1) is 0 Å². The van der Waals surface area contributed by atoms with Crippen LogP contribution in [0.25, 0.3) is 0 Å². The Morgan fingerprint density at radius 1 is 1.78 bits per heavy atom. The fourth-order valence-corrected chi connectivity index (χ4v) is 0.668. The molecule has 0 saturated carbocycles. The van der Waals surface area contributed by atoms with E-state index in [4.69, 9.17) is 5.73 Å². The van der Waals surface area contributed by atoms with Gasteiger partial charge in [0.2, 0.25) is 0 Å². The molecular weight excluding hydrogens is 130 g/mol. The smallest absolute Gasteiger partial charge is 0.0172 e. The minimum atomic E-state index is 0.560. The van der Waals surface area contributed by atoms with Gasteiger partial charge in [0, 0.05) is 12.3 Å². The maximum atomic E-state index is 5.30. The summed E-state index contributed by atoms with van der Waals surface area (Å²) in [5, 5.41) is 0. The van der Waals surface area contributed by atoms with Gasteiger partial charge in [-0.25, -0.2) is 0 Å². The van der Waals surface area contributed by atoms with E-state index >= 15 is 0 Å². The van der Waals surface area contributed by atoms with Crippen molar-refractivity contribution in [1.82, 2.24) is 0 Å². The van der Waals surface area contributed by atoms with E-state index in [2.05, 4.69) is 18.9 Å². The molecule has 0 rings (SSSR count). The lowest BCUT2D eigenvalue weighted by Crippen LogP contribution is -1.98. The highest BCUT2D eigenvalue weighted by Crippen LogP contribution is 1.94. The molecule has 0 aromatic heterocycles. The Kier molecular flexibility index (Phi) is 5.78. The molecule has 52 valence electrons. The first-order valence-corrected chi connectivity index (χ1v) is 4.24. The molecule has 0 bridgehead atoms. The van der Waals surface area contributed by atoms with Crippen LogP contribution in [-0.2, 0) is 0 Å². The number of hydrogen-bond acceptors (Lipinski definition) is 2. The zero-order valence-electron chi connectivity index (χ0n) is 5.76. The molecule has 0 saturated heterocycles. The Hall–Kier alpha value is -0.210. The average Bonchev–Trinajstić information content (AvgIpc) is 1.89. The van der Waals surface area contributed by atoms with Crippen LogP contribution in [0.4, 0.5) is 0 Å². The summed E-state index contributed by atoms with van der Waals surface area (Å²) in [5.74, 6) is 1.04. The van der Waals surface area contributed by atoms with Crippen LogP contribution in [0.15, 0.2) is 24.3 Å². The fraction of sp³-hybridized carbons (Fsp3) is 0.429. The Balaban J connectivity index is 3.32. The van der Waals surface area contributed by atoms with Crippen molar-refractivity contribution in [2.75, 3.05) is 18.6 Å². The Morgan fingerprint density at radius 3 is 2.89 bits per heavy atom. The van der Waals surface area contributed by atoms with Crippen molar-refractivity contribution < 1.29 is 0 Å². The molecule has 0 aliphatic carbocycles. The van der Waals surface area contributed by atoms with Crippen molar-refractivity contribution >= 4 is 11.8 Å². The second-order valence-electron chi connectivity index (χ2n) is 1.72. The van der Waals surface area contributed by atoms with E-state index in [0.717, 1.165) is 11.3 Å². The molecular formula is C7H13NS. The van der Waals surface area contributed by atoms with Crippen LogP contribution in [-0.4, -0.2) is 18.6 Å². The molecule has 0 radical (unpaired) electrons. The molecule has 0 aromatic carbocycles. The number of hydrogen-bond donors (Lipinski definition) is 1. The summed E-state index contributed by atoms with van der Waals surface area (Å²) in [6.45, 7) is 4.28. The van der Waals surface area contributed by atoms with E-state index in [-0.39, 0.29) is 0 Å². The van der Waals surface area contributed by atoms with Crippen LogP contribution in [0.1, 0.15) is 0 Å². The molecule has 0 aliphatic heterocycles. The molecule has 0 atom stereocenters. The second kappa shape index (κ2) is 5.92. The summed E-state index contributed by atoms with van der Waals surface area (Å²) in [5.41, 5.74) is 6.29. The van der Waals surface area contributed by atoms with E-state index in [1.165, 1.54) is 0 Å². The largest absolute Gasteiger partial charge is 0.327 e. The summed E-state index contributed by atoms with van der Waals surface area (Å²) in [7, 11) is 0. The van der Waals surface area contributed by atoms with Crippen LogP contribution in [0.5, 0.6) is 0 Å². The summed E-state index contributed by atoms with van der Waals surface area (Å²) in [6, 6.07) is 0. The van der Waals surface area contributed by atoms with Gasteiger partial charge in [-0.05, 0) is 11.8 Å². The molecule has 0 heterocycles. The normalized spacial score (nSPS) is 10.4. The predicted octanol–water partition coefficient (Wildman–Crippen LogP) is 1.42. The number of rotatable bonds is 4. The predicted molar refractivity (Wildman–Crippen MR) is 45.7 cm³/mol. The molecule has 0 aliphatic rings. The van der Waals surface area contributed by atoms with Crippen molar-refractivity contribution in [1.29, 1.82) is 0 Å². The first kappa shape index (κ1) is 8.79. The van der Waals surface area contributed by atoms with E-state index in [0.29, 0.717) is 6.54 Å². The summed E-state index contributed by atoms with van der Waals surface area (Å²) >= 11 is 1.79. The van der Waals surface area contributed by atoms with Crippen LogP contribution in [0.2, 0.25) is 0 Å². The van der Waals surface area contributed by atoms with Crippen LogP contribution in [0.3, 0.4) is 0 Å². The van der Waals surface area contributed by atoms with Crippen LogP contribution >= 0.6 is 11.8 Å². The molecule has 2 N–H and O–H groups in total. The highest BCUT2D eigenvalue weighted by molar-refractivity contribution is 7.98. The van der Waals surface area contributed by atoms with Gasteiger partial charge in [0.1, 0.15) is 0 Å². The Bertz CT molecular complexity index is 107. The third-order valence-corrected chi connectivity index (χ3v) is 1.40. The highest BCUT2D eigenvalue weighted by atomic mass is 32.2. The minimum Gasteiger partial charge on any atom is -0.327 e. The zero-order valence-corrected chi connectivity index (χ0v) is 6.58. The van der Waals surface area contributed by atoms with E-state index < -0.39 is 0 Å². The van der Waals surface area contributed by atoms with Gasteiger partial charge in [0.15, 0.2) is 0 Å². The van der Waals surface area contributed by atoms with Gasteiger partial charge < -0.3 is 5.73 Å². The van der Waals surface area contributed by atoms with Crippen molar-refractivity contribution in [3.05, 3.63) is 24.3 Å². The third-order valence-electron chi connectivity index (χ3n) is 0.879. The molecule has 9 heavy (non-hydrogen) atoms. The second-order valence-corrected chi connectivity index (χ2v) is 2.63. The molecule has 0 amide bonds. The summed E-state index contributed by atoms with van der Waals surface area (Å²) in [4.78, 5) is 0. The molecule has 1 nitrogen and oxygen atoms in total. The quantitative estimate of drug-likeness (QED) is 0.602. The number of nitrogens with two attached hydrogens (primary N) is 1. The van der Waals surface area contributed by atoms with Crippen molar-refractivity contribution in [2.24, 2.45) is 5.73 Å². The van der Waals surface area contributed by atoms with Gasteiger partial charge in [-0.3, -0.25) is 0 Å².